The maximum Gasteiger partial charge on any atom is 0.333 e. The summed E-state index contributed by atoms with van der Waals surface area (Å²) < 4.78 is 32.0. The predicted molar refractivity (Wildman–Crippen MR) is 95.7 cm³/mol. The first kappa shape index (κ1) is 17.1. The molecule has 0 saturated heterocycles. The maximum atomic E-state index is 12.2. The largest absolute Gasteiger partial charge is 0.490 e. The van der Waals surface area contributed by atoms with Gasteiger partial charge in [-0.2, -0.15) is 0 Å². The molecule has 0 aliphatic carbocycles. The summed E-state index contributed by atoms with van der Waals surface area (Å²) in [4.78, 5) is 14.1. The molecule has 3 rings (SSSR count). The zero-order valence-corrected chi connectivity index (χ0v) is 14.8. The number of benzene rings is 2. The lowest BCUT2D eigenvalue weighted by molar-refractivity contribution is 0.256. The van der Waals surface area contributed by atoms with Gasteiger partial charge in [0.25, 0.3) is 10.0 Å². The summed E-state index contributed by atoms with van der Waals surface area (Å²) in [7, 11) is -2.00. The van der Waals surface area contributed by atoms with E-state index in [1.54, 1.807) is 30.3 Å². The van der Waals surface area contributed by atoms with E-state index in [0.717, 1.165) is 23.5 Å². The highest BCUT2D eigenvalue weighted by Gasteiger charge is 2.19. The lowest BCUT2D eigenvalue weighted by Gasteiger charge is -2.28. The highest BCUT2D eigenvalue weighted by atomic mass is 32.2. The molecule has 0 spiro atoms. The number of nitrogens with one attached hydrogen (secondary N) is 2. The summed E-state index contributed by atoms with van der Waals surface area (Å²) in [5.74, 6) is 0.729. The molecule has 0 aromatic heterocycles. The monoisotopic (exact) mass is 361 g/mol. The lowest BCUT2D eigenvalue weighted by Crippen LogP contribution is -2.34. The number of carbonyl (C=O) groups is 1. The smallest absolute Gasteiger partial charge is 0.333 e. The molecule has 7 nitrogen and oxygen atoms in total. The highest BCUT2D eigenvalue weighted by molar-refractivity contribution is 7.90. The Hall–Kier alpha value is -2.74. The minimum absolute atomic E-state index is 0.0341. The van der Waals surface area contributed by atoms with Crippen LogP contribution in [0.15, 0.2) is 47.4 Å². The Bertz CT molecular complexity index is 895. The molecular formula is C17H19N3O4S. The summed E-state index contributed by atoms with van der Waals surface area (Å²) in [5.41, 5.74) is 2.25. The van der Waals surface area contributed by atoms with Gasteiger partial charge in [-0.05, 0) is 37.3 Å². The van der Waals surface area contributed by atoms with E-state index in [1.165, 1.54) is 12.1 Å². The van der Waals surface area contributed by atoms with Crippen molar-refractivity contribution < 1.29 is 17.9 Å². The molecule has 2 N–H and O–H groups in total. The molecule has 0 unspecified atom stereocenters. The van der Waals surface area contributed by atoms with Crippen LogP contribution in [-0.2, 0) is 10.0 Å². The van der Waals surface area contributed by atoms with Crippen molar-refractivity contribution in [3.8, 4) is 5.75 Å². The molecule has 8 heteroatoms. The number of nitrogens with zero attached hydrogens (tertiary/aromatic N) is 1. The van der Waals surface area contributed by atoms with E-state index in [2.05, 4.69) is 5.32 Å². The molecule has 25 heavy (non-hydrogen) atoms. The van der Waals surface area contributed by atoms with Crippen molar-refractivity contribution in [1.29, 1.82) is 0 Å². The Kier molecular flexibility index (Phi) is 4.54. The number of amides is 2. The van der Waals surface area contributed by atoms with E-state index >= 15 is 0 Å². The van der Waals surface area contributed by atoms with Gasteiger partial charge < -0.3 is 15.0 Å². The third kappa shape index (κ3) is 3.85. The first-order chi connectivity index (χ1) is 11.8. The number of carbonyl (C=O) groups excluding carboxylic acids is 1. The van der Waals surface area contributed by atoms with Gasteiger partial charge in [0.2, 0.25) is 0 Å². The Labute approximate surface area is 146 Å². The molecule has 0 fully saturated rings. The second kappa shape index (κ2) is 6.64. The summed E-state index contributed by atoms with van der Waals surface area (Å²) >= 11 is 0. The van der Waals surface area contributed by atoms with Crippen LogP contribution in [0.25, 0.3) is 0 Å². The third-order valence-corrected chi connectivity index (χ3v) is 5.22. The van der Waals surface area contributed by atoms with Crippen molar-refractivity contribution in [1.82, 2.24) is 4.72 Å². The summed E-state index contributed by atoms with van der Waals surface area (Å²) in [6.07, 6.45) is 0. The van der Waals surface area contributed by atoms with E-state index in [0.29, 0.717) is 12.3 Å². The Morgan fingerprint density at radius 3 is 2.60 bits per heavy atom. The van der Waals surface area contributed by atoms with Gasteiger partial charge in [-0.3, -0.25) is 0 Å². The van der Waals surface area contributed by atoms with Crippen LogP contribution in [0.1, 0.15) is 5.56 Å². The van der Waals surface area contributed by atoms with Crippen LogP contribution in [-0.4, -0.2) is 34.6 Å². The molecular weight excluding hydrogens is 342 g/mol. The fraction of sp³-hybridized carbons (Fsp3) is 0.235. The summed E-state index contributed by atoms with van der Waals surface area (Å²) in [5, 5.41) is 2.54. The van der Waals surface area contributed by atoms with Crippen LogP contribution in [0.4, 0.5) is 16.2 Å². The van der Waals surface area contributed by atoms with Crippen molar-refractivity contribution in [2.45, 2.75) is 11.8 Å². The second-order valence-electron chi connectivity index (χ2n) is 5.83. The van der Waals surface area contributed by atoms with Gasteiger partial charge in [0.1, 0.15) is 12.4 Å². The number of aryl methyl sites for hydroxylation is 1. The molecule has 0 radical (unpaired) electrons. The maximum absolute atomic E-state index is 12.2. The van der Waals surface area contributed by atoms with Gasteiger partial charge in [0.05, 0.1) is 17.1 Å². The first-order valence-corrected chi connectivity index (χ1v) is 9.22. The molecule has 2 amide bonds. The first-order valence-electron chi connectivity index (χ1n) is 7.73. The van der Waals surface area contributed by atoms with Gasteiger partial charge in [-0.15, -0.1) is 0 Å². The normalized spacial score (nSPS) is 13.6. The number of fused-ring (bicyclic) bond motifs is 1. The molecule has 0 atom stereocenters. The standard InChI is InChI=1S/C17H19N3O4S/c1-12-3-6-14(7-4-12)25(22,23)19-17(21)18-13-5-8-16-15(11-13)20(2)9-10-24-16/h3-8,11H,9-10H2,1-2H3,(H2,18,19,21). The molecule has 0 bridgehead atoms. The number of likely N-dealkylation sites (N-methyl/N-ethyl adjacent to an activating group) is 1. The number of hydrogen-bond donors (Lipinski definition) is 2. The van der Waals surface area contributed by atoms with E-state index < -0.39 is 16.1 Å². The van der Waals surface area contributed by atoms with E-state index in [4.69, 9.17) is 4.74 Å². The second-order valence-corrected chi connectivity index (χ2v) is 7.51. The quantitative estimate of drug-likeness (QED) is 0.876. The van der Waals surface area contributed by atoms with Crippen molar-refractivity contribution >= 4 is 27.4 Å². The summed E-state index contributed by atoms with van der Waals surface area (Å²) in [6.45, 7) is 3.20. The SMILES string of the molecule is Cc1ccc(S(=O)(=O)NC(=O)Nc2ccc3c(c2)N(C)CCO3)cc1. The van der Waals surface area contributed by atoms with Crippen molar-refractivity contribution in [3.05, 3.63) is 48.0 Å². The number of anilines is 2. The number of hydrogen-bond acceptors (Lipinski definition) is 5. The van der Waals surface area contributed by atoms with Crippen molar-refractivity contribution in [2.75, 3.05) is 30.4 Å². The number of rotatable bonds is 3. The summed E-state index contributed by atoms with van der Waals surface area (Å²) in [6, 6.07) is 10.6. The van der Waals surface area contributed by atoms with Crippen LogP contribution < -0.4 is 19.7 Å². The minimum Gasteiger partial charge on any atom is -0.490 e. The van der Waals surface area contributed by atoms with Gasteiger partial charge in [-0.1, -0.05) is 17.7 Å². The number of urea groups is 1. The van der Waals surface area contributed by atoms with E-state index in [-0.39, 0.29) is 4.90 Å². The van der Waals surface area contributed by atoms with Crippen molar-refractivity contribution in [2.24, 2.45) is 0 Å². The zero-order valence-electron chi connectivity index (χ0n) is 13.9. The Balaban J connectivity index is 1.72. The van der Waals surface area contributed by atoms with E-state index in [1.807, 2.05) is 23.6 Å². The van der Waals surface area contributed by atoms with Crippen LogP contribution in [0.3, 0.4) is 0 Å². The van der Waals surface area contributed by atoms with Crippen molar-refractivity contribution in [3.63, 3.8) is 0 Å². The van der Waals surface area contributed by atoms with Gasteiger partial charge in [0, 0.05) is 12.7 Å². The average Bonchev–Trinajstić information content (AvgIpc) is 2.55. The fourth-order valence-electron chi connectivity index (χ4n) is 2.48. The Morgan fingerprint density at radius 1 is 1.16 bits per heavy atom. The number of ether oxygens (including phenoxy) is 1. The molecule has 2 aromatic rings. The van der Waals surface area contributed by atoms with Crippen LogP contribution in [0, 0.1) is 6.92 Å². The lowest BCUT2D eigenvalue weighted by atomic mass is 10.2. The minimum atomic E-state index is -3.92. The Morgan fingerprint density at radius 2 is 1.88 bits per heavy atom. The van der Waals surface area contributed by atoms with Crippen LogP contribution in [0.2, 0.25) is 0 Å². The molecule has 132 valence electrons. The molecule has 0 saturated carbocycles. The fourth-order valence-corrected chi connectivity index (χ4v) is 3.39. The molecule has 1 aliphatic heterocycles. The van der Waals surface area contributed by atoms with Crippen LogP contribution in [0.5, 0.6) is 5.75 Å². The van der Waals surface area contributed by atoms with Gasteiger partial charge in [0.15, 0.2) is 0 Å². The van der Waals surface area contributed by atoms with Gasteiger partial charge in [-0.25, -0.2) is 17.9 Å². The molecule has 2 aromatic carbocycles. The highest BCUT2D eigenvalue weighted by Crippen LogP contribution is 2.33. The zero-order chi connectivity index (χ0) is 18.0. The third-order valence-electron chi connectivity index (χ3n) is 3.87. The van der Waals surface area contributed by atoms with E-state index in [9.17, 15) is 13.2 Å². The molecule has 1 aliphatic rings. The topological polar surface area (TPSA) is 87.7 Å². The van der Waals surface area contributed by atoms with Crippen LogP contribution >= 0.6 is 0 Å². The predicted octanol–water partition coefficient (Wildman–Crippen LogP) is 2.33. The number of sulfonamides is 1. The van der Waals surface area contributed by atoms with Gasteiger partial charge >= 0.3 is 6.03 Å². The molecule has 1 heterocycles. The average molecular weight is 361 g/mol.